The Balaban J connectivity index is 1.75. The van der Waals surface area contributed by atoms with Crippen LogP contribution in [0.4, 0.5) is 10.2 Å². The number of halogens is 1. The second-order valence-corrected chi connectivity index (χ2v) is 6.82. The van der Waals surface area contributed by atoms with Crippen molar-refractivity contribution in [3.63, 3.8) is 0 Å². The van der Waals surface area contributed by atoms with Crippen LogP contribution in [0.1, 0.15) is 23.2 Å². The number of benzene rings is 2. The van der Waals surface area contributed by atoms with Gasteiger partial charge in [-0.15, -0.1) is 10.2 Å². The first-order valence-electron chi connectivity index (χ1n) is 9.05. The lowest BCUT2D eigenvalue weighted by molar-refractivity contribution is 0.0699. The van der Waals surface area contributed by atoms with Crippen LogP contribution in [0.15, 0.2) is 42.5 Å². The van der Waals surface area contributed by atoms with E-state index in [1.807, 2.05) is 0 Å². The molecule has 0 aliphatic carbocycles. The maximum Gasteiger partial charge on any atom is 0.336 e. The van der Waals surface area contributed by atoms with Crippen LogP contribution in [0.25, 0.3) is 27.6 Å². The van der Waals surface area contributed by atoms with Crippen LogP contribution in [0.2, 0.25) is 0 Å². The number of carboxylic acids is 1. The minimum atomic E-state index is -1.04. The molecule has 5 rings (SSSR count). The number of anilines is 1. The zero-order valence-electron chi connectivity index (χ0n) is 14.8. The number of carboxylic acid groups (broad SMARTS) is 1. The predicted molar refractivity (Wildman–Crippen MR) is 103 cm³/mol. The van der Waals surface area contributed by atoms with E-state index in [2.05, 4.69) is 20.1 Å². The van der Waals surface area contributed by atoms with Gasteiger partial charge in [-0.3, -0.25) is 0 Å². The Hall–Kier alpha value is -3.55. The van der Waals surface area contributed by atoms with E-state index in [4.69, 9.17) is 0 Å². The van der Waals surface area contributed by atoms with Crippen molar-refractivity contribution in [2.45, 2.75) is 12.8 Å². The first-order valence-corrected chi connectivity index (χ1v) is 9.05. The highest BCUT2D eigenvalue weighted by Crippen LogP contribution is 2.30. The van der Waals surface area contributed by atoms with Gasteiger partial charge in [0.2, 0.25) is 0 Å². The molecule has 0 radical (unpaired) electrons. The molecule has 0 bridgehead atoms. The normalized spacial score (nSPS) is 14.2. The van der Waals surface area contributed by atoms with E-state index in [-0.39, 0.29) is 5.56 Å². The van der Waals surface area contributed by atoms with Crippen LogP contribution >= 0.6 is 0 Å². The molecule has 1 saturated heterocycles. The van der Waals surface area contributed by atoms with Gasteiger partial charge in [-0.1, -0.05) is 6.07 Å². The van der Waals surface area contributed by atoms with Crippen molar-refractivity contribution >= 4 is 33.7 Å². The summed E-state index contributed by atoms with van der Waals surface area (Å²) in [6.07, 6.45) is 2.15. The van der Waals surface area contributed by atoms with Gasteiger partial charge in [-0.2, -0.15) is 4.80 Å². The third-order valence-electron chi connectivity index (χ3n) is 5.01. The molecule has 3 heterocycles. The molecule has 8 heteroatoms. The maximum absolute atomic E-state index is 13.6. The molecule has 1 N–H and O–H groups in total. The van der Waals surface area contributed by atoms with Gasteiger partial charge in [0.25, 0.3) is 0 Å². The lowest BCUT2D eigenvalue weighted by atomic mass is 10.1. The second-order valence-electron chi connectivity index (χ2n) is 6.82. The molecule has 1 aliphatic heterocycles. The molecule has 28 heavy (non-hydrogen) atoms. The van der Waals surface area contributed by atoms with Crippen molar-refractivity contribution in [2.24, 2.45) is 0 Å². The summed E-state index contributed by atoms with van der Waals surface area (Å²) >= 11 is 0. The first-order chi connectivity index (χ1) is 13.6. The third kappa shape index (κ3) is 2.65. The van der Waals surface area contributed by atoms with E-state index in [0.29, 0.717) is 33.4 Å². The van der Waals surface area contributed by atoms with E-state index in [9.17, 15) is 14.3 Å². The zero-order valence-corrected chi connectivity index (χ0v) is 14.8. The van der Waals surface area contributed by atoms with E-state index >= 15 is 0 Å². The van der Waals surface area contributed by atoms with E-state index in [1.165, 1.54) is 16.9 Å². The van der Waals surface area contributed by atoms with Crippen molar-refractivity contribution in [3.05, 3.63) is 53.8 Å². The largest absolute Gasteiger partial charge is 0.478 e. The number of aromatic carboxylic acids is 1. The van der Waals surface area contributed by atoms with Crippen LogP contribution in [0, 0.1) is 5.82 Å². The molecule has 0 saturated carbocycles. The van der Waals surface area contributed by atoms with Crippen molar-refractivity contribution in [1.29, 1.82) is 0 Å². The smallest absolute Gasteiger partial charge is 0.336 e. The average molecular weight is 377 g/mol. The zero-order chi connectivity index (χ0) is 19.3. The molecule has 0 atom stereocenters. The Morgan fingerprint density at radius 2 is 1.82 bits per heavy atom. The predicted octanol–water partition coefficient (Wildman–Crippen LogP) is 3.41. The minimum absolute atomic E-state index is 0.142. The Morgan fingerprint density at radius 3 is 2.57 bits per heavy atom. The number of hydrogen-bond donors (Lipinski definition) is 1. The second kappa shape index (κ2) is 6.26. The molecule has 7 nitrogen and oxygen atoms in total. The lowest BCUT2D eigenvalue weighted by Crippen LogP contribution is -2.19. The van der Waals surface area contributed by atoms with Gasteiger partial charge in [0.15, 0.2) is 0 Å². The molecule has 0 amide bonds. The Morgan fingerprint density at radius 1 is 1.04 bits per heavy atom. The Kier molecular flexibility index (Phi) is 3.71. The molecule has 1 fully saturated rings. The SMILES string of the molecule is O=C(O)c1cc(N2CCCC2)nc2ccc3nn(-c4cccc(F)c4)nc3c12. The summed E-state index contributed by atoms with van der Waals surface area (Å²) in [5.74, 6) is -0.771. The number of hydrogen-bond acceptors (Lipinski definition) is 5. The van der Waals surface area contributed by atoms with Crippen LogP contribution < -0.4 is 4.90 Å². The van der Waals surface area contributed by atoms with Crippen LogP contribution in [-0.2, 0) is 0 Å². The van der Waals surface area contributed by atoms with Crippen LogP contribution in [0.3, 0.4) is 0 Å². The molecule has 1 aliphatic rings. The molecular weight excluding hydrogens is 361 g/mol. The van der Waals surface area contributed by atoms with Crippen molar-refractivity contribution in [3.8, 4) is 5.69 Å². The minimum Gasteiger partial charge on any atom is -0.478 e. The monoisotopic (exact) mass is 377 g/mol. The number of fused-ring (bicyclic) bond motifs is 3. The first kappa shape index (κ1) is 16.6. The highest BCUT2D eigenvalue weighted by atomic mass is 19.1. The van der Waals surface area contributed by atoms with E-state index in [0.717, 1.165) is 25.9 Å². The summed E-state index contributed by atoms with van der Waals surface area (Å²) in [6.45, 7) is 1.74. The summed E-state index contributed by atoms with van der Waals surface area (Å²) in [4.78, 5) is 20.1. The summed E-state index contributed by atoms with van der Waals surface area (Å²) in [6, 6.07) is 11.0. The molecule has 0 spiro atoms. The average Bonchev–Trinajstić information content (AvgIpc) is 3.36. The van der Waals surface area contributed by atoms with Crippen molar-refractivity contribution < 1.29 is 14.3 Å². The van der Waals surface area contributed by atoms with Crippen LogP contribution in [0.5, 0.6) is 0 Å². The summed E-state index contributed by atoms with van der Waals surface area (Å²) in [5.41, 5.74) is 2.11. The maximum atomic E-state index is 13.6. The Labute approximate surface area is 159 Å². The molecule has 0 unspecified atom stereocenters. The number of pyridine rings is 1. The molecule has 2 aromatic carbocycles. The summed E-state index contributed by atoms with van der Waals surface area (Å²) < 4.78 is 13.6. The van der Waals surface area contributed by atoms with E-state index in [1.54, 1.807) is 30.3 Å². The number of aromatic nitrogens is 4. The van der Waals surface area contributed by atoms with Crippen molar-refractivity contribution in [2.75, 3.05) is 18.0 Å². The number of rotatable bonds is 3. The van der Waals surface area contributed by atoms with Crippen molar-refractivity contribution in [1.82, 2.24) is 20.0 Å². The van der Waals surface area contributed by atoms with Gasteiger partial charge >= 0.3 is 5.97 Å². The Bertz CT molecular complexity index is 1230. The fraction of sp³-hybridized carbons (Fsp3) is 0.200. The molecular formula is C20H16FN5O2. The van der Waals surface area contributed by atoms with Gasteiger partial charge in [0, 0.05) is 24.5 Å². The highest BCUT2D eigenvalue weighted by Gasteiger charge is 2.21. The van der Waals surface area contributed by atoms with Gasteiger partial charge in [-0.25, -0.2) is 14.2 Å². The fourth-order valence-corrected chi connectivity index (χ4v) is 3.68. The highest BCUT2D eigenvalue weighted by molar-refractivity contribution is 6.13. The molecule has 2 aromatic heterocycles. The third-order valence-corrected chi connectivity index (χ3v) is 5.01. The van der Waals surface area contributed by atoms with Gasteiger partial charge < -0.3 is 10.0 Å². The number of carbonyl (C=O) groups is 1. The van der Waals surface area contributed by atoms with Crippen LogP contribution in [-0.4, -0.2) is 44.1 Å². The summed E-state index contributed by atoms with van der Waals surface area (Å²) in [7, 11) is 0. The lowest BCUT2D eigenvalue weighted by Gasteiger charge is -2.17. The van der Waals surface area contributed by atoms with E-state index < -0.39 is 11.8 Å². The summed E-state index contributed by atoms with van der Waals surface area (Å²) in [5, 5.41) is 19.1. The molecule has 140 valence electrons. The van der Waals surface area contributed by atoms with Gasteiger partial charge in [0.1, 0.15) is 22.7 Å². The molecule has 4 aromatic rings. The fourth-order valence-electron chi connectivity index (χ4n) is 3.68. The quantitative estimate of drug-likeness (QED) is 0.589. The standard InChI is InChI=1S/C20H16FN5O2/c21-12-4-3-5-13(10-12)26-23-16-7-6-15-18(19(16)24-26)14(20(27)28)11-17(22-15)25-8-1-2-9-25/h3-7,10-11H,1-2,8-9H2,(H,27,28). The topological polar surface area (TPSA) is 84.1 Å². The van der Waals surface area contributed by atoms with Gasteiger partial charge in [-0.05, 0) is 43.2 Å². The number of nitrogens with zero attached hydrogens (tertiary/aromatic N) is 5. The van der Waals surface area contributed by atoms with Gasteiger partial charge in [0.05, 0.1) is 16.8 Å².